The van der Waals surface area contributed by atoms with Crippen molar-refractivity contribution in [3.05, 3.63) is 48.2 Å². The third-order valence-electron chi connectivity index (χ3n) is 3.19. The highest BCUT2D eigenvalue weighted by Gasteiger charge is 2.25. The van der Waals surface area contributed by atoms with Gasteiger partial charge in [0.05, 0.1) is 17.9 Å². The third kappa shape index (κ3) is 2.30. The van der Waals surface area contributed by atoms with Crippen molar-refractivity contribution in [2.45, 2.75) is 6.54 Å². The Labute approximate surface area is 117 Å². The smallest absolute Gasteiger partial charge is 0.265 e. The summed E-state index contributed by atoms with van der Waals surface area (Å²) in [6.45, 7) is 0.511. The number of para-hydroxylation sites is 2. The second kappa shape index (κ2) is 5.21. The molecular formula is C15H15N3O2. The van der Waals surface area contributed by atoms with Crippen LogP contribution < -0.4 is 15.0 Å². The average molecular weight is 269 g/mol. The van der Waals surface area contributed by atoms with E-state index in [0.29, 0.717) is 6.54 Å². The molecule has 1 aromatic carbocycles. The number of hydrogen-bond donors (Lipinski definition) is 1. The van der Waals surface area contributed by atoms with Crippen LogP contribution in [0.3, 0.4) is 0 Å². The van der Waals surface area contributed by atoms with Gasteiger partial charge in [0.25, 0.3) is 5.91 Å². The number of ether oxygens (including phenoxy) is 1. The van der Waals surface area contributed by atoms with Crippen LogP contribution in [0.5, 0.6) is 5.75 Å². The lowest BCUT2D eigenvalue weighted by Gasteiger charge is -2.29. The molecule has 3 rings (SSSR count). The number of aromatic nitrogens is 1. The lowest BCUT2D eigenvalue weighted by Crippen LogP contribution is -2.38. The SMILES string of the molecule is CNc1cccc(CN2C(=O)COc3ccccc32)n1. The topological polar surface area (TPSA) is 54.5 Å². The molecule has 1 amide bonds. The van der Waals surface area contributed by atoms with Gasteiger partial charge in [0.15, 0.2) is 6.61 Å². The lowest BCUT2D eigenvalue weighted by molar-refractivity contribution is -0.121. The highest BCUT2D eigenvalue weighted by atomic mass is 16.5. The van der Waals surface area contributed by atoms with E-state index >= 15 is 0 Å². The van der Waals surface area contributed by atoms with Crippen LogP contribution >= 0.6 is 0 Å². The monoisotopic (exact) mass is 269 g/mol. The van der Waals surface area contributed by atoms with E-state index in [9.17, 15) is 4.79 Å². The van der Waals surface area contributed by atoms with E-state index < -0.39 is 0 Å². The number of amides is 1. The largest absolute Gasteiger partial charge is 0.482 e. The molecule has 1 aromatic heterocycles. The van der Waals surface area contributed by atoms with Crippen molar-refractivity contribution in [2.75, 3.05) is 23.9 Å². The van der Waals surface area contributed by atoms with Gasteiger partial charge < -0.3 is 10.1 Å². The molecule has 0 radical (unpaired) electrons. The minimum Gasteiger partial charge on any atom is -0.482 e. The lowest BCUT2D eigenvalue weighted by atomic mass is 10.2. The molecule has 0 fully saturated rings. The van der Waals surface area contributed by atoms with Gasteiger partial charge in [-0.15, -0.1) is 0 Å². The third-order valence-corrected chi connectivity index (χ3v) is 3.19. The Morgan fingerprint density at radius 3 is 2.95 bits per heavy atom. The molecule has 0 atom stereocenters. The number of benzene rings is 1. The molecular weight excluding hydrogens is 254 g/mol. The van der Waals surface area contributed by atoms with Crippen molar-refractivity contribution in [3.8, 4) is 5.75 Å². The Morgan fingerprint density at radius 1 is 1.25 bits per heavy atom. The van der Waals surface area contributed by atoms with Crippen molar-refractivity contribution in [2.24, 2.45) is 0 Å². The zero-order valence-corrected chi connectivity index (χ0v) is 11.2. The van der Waals surface area contributed by atoms with Crippen molar-refractivity contribution < 1.29 is 9.53 Å². The maximum Gasteiger partial charge on any atom is 0.265 e. The second-order valence-electron chi connectivity index (χ2n) is 4.50. The molecule has 2 aromatic rings. The van der Waals surface area contributed by atoms with Crippen LogP contribution in [0, 0.1) is 0 Å². The molecule has 0 unspecified atom stereocenters. The van der Waals surface area contributed by atoms with Crippen LogP contribution in [0.2, 0.25) is 0 Å². The van der Waals surface area contributed by atoms with E-state index in [0.717, 1.165) is 22.9 Å². The number of rotatable bonds is 3. The minimum absolute atomic E-state index is 0.0552. The molecule has 2 heterocycles. The summed E-state index contributed by atoms with van der Waals surface area (Å²) in [4.78, 5) is 18.2. The van der Waals surface area contributed by atoms with Gasteiger partial charge in [0.2, 0.25) is 0 Å². The van der Waals surface area contributed by atoms with Gasteiger partial charge in [0, 0.05) is 7.05 Å². The molecule has 1 aliphatic heterocycles. The zero-order valence-electron chi connectivity index (χ0n) is 11.2. The average Bonchev–Trinajstić information content (AvgIpc) is 2.50. The quantitative estimate of drug-likeness (QED) is 0.926. The van der Waals surface area contributed by atoms with Gasteiger partial charge in [-0.2, -0.15) is 0 Å². The highest BCUT2D eigenvalue weighted by molar-refractivity contribution is 5.97. The molecule has 0 saturated heterocycles. The molecule has 20 heavy (non-hydrogen) atoms. The van der Waals surface area contributed by atoms with Gasteiger partial charge in [-0.3, -0.25) is 9.69 Å². The summed E-state index contributed by atoms with van der Waals surface area (Å²) in [7, 11) is 1.82. The van der Waals surface area contributed by atoms with Crippen molar-refractivity contribution >= 4 is 17.4 Å². The van der Waals surface area contributed by atoms with Crippen molar-refractivity contribution in [3.63, 3.8) is 0 Å². The maximum absolute atomic E-state index is 12.1. The van der Waals surface area contributed by atoms with E-state index in [4.69, 9.17) is 4.74 Å². The Kier molecular flexibility index (Phi) is 3.25. The molecule has 5 heteroatoms. The molecule has 102 valence electrons. The van der Waals surface area contributed by atoms with E-state index in [1.54, 1.807) is 4.90 Å². The summed E-state index contributed by atoms with van der Waals surface area (Å²) < 4.78 is 5.42. The van der Waals surface area contributed by atoms with E-state index in [2.05, 4.69) is 10.3 Å². The molecule has 0 saturated carbocycles. The predicted molar refractivity (Wildman–Crippen MR) is 76.9 cm³/mol. The normalized spacial score (nSPS) is 13.7. The van der Waals surface area contributed by atoms with Gasteiger partial charge in [-0.1, -0.05) is 18.2 Å². The van der Waals surface area contributed by atoms with Crippen LogP contribution in [0.4, 0.5) is 11.5 Å². The molecule has 0 spiro atoms. The van der Waals surface area contributed by atoms with Crippen LogP contribution in [-0.2, 0) is 11.3 Å². The first-order valence-corrected chi connectivity index (χ1v) is 6.44. The predicted octanol–water partition coefficient (Wildman–Crippen LogP) is 2.05. The fourth-order valence-electron chi connectivity index (χ4n) is 2.20. The summed E-state index contributed by atoms with van der Waals surface area (Å²) in [5, 5.41) is 3.00. The minimum atomic E-state index is -0.0552. The summed E-state index contributed by atoms with van der Waals surface area (Å²) in [6, 6.07) is 13.3. The Hall–Kier alpha value is -2.56. The second-order valence-corrected chi connectivity index (χ2v) is 4.50. The number of nitrogens with one attached hydrogen (secondary N) is 1. The summed E-state index contributed by atoms with van der Waals surface area (Å²) in [5.41, 5.74) is 1.63. The standard InChI is InChI=1S/C15H15N3O2/c1-16-14-8-4-5-11(17-14)9-18-12-6-2-3-7-13(12)20-10-15(18)19/h2-8H,9-10H2,1H3,(H,16,17). The zero-order chi connectivity index (χ0) is 13.9. The van der Waals surface area contributed by atoms with E-state index in [1.165, 1.54) is 0 Å². The van der Waals surface area contributed by atoms with Crippen LogP contribution in [0.25, 0.3) is 0 Å². The summed E-state index contributed by atoms with van der Waals surface area (Å²) in [5.74, 6) is 1.47. The summed E-state index contributed by atoms with van der Waals surface area (Å²) in [6.07, 6.45) is 0. The Morgan fingerprint density at radius 2 is 2.10 bits per heavy atom. The van der Waals surface area contributed by atoms with Gasteiger partial charge in [0.1, 0.15) is 11.6 Å². The number of carbonyl (C=O) groups is 1. The first-order chi connectivity index (χ1) is 9.78. The van der Waals surface area contributed by atoms with E-state index in [-0.39, 0.29) is 12.5 Å². The molecule has 5 nitrogen and oxygen atoms in total. The maximum atomic E-state index is 12.1. The Balaban J connectivity index is 1.91. The fourth-order valence-corrected chi connectivity index (χ4v) is 2.20. The number of hydrogen-bond acceptors (Lipinski definition) is 4. The van der Waals surface area contributed by atoms with Crippen LogP contribution in [-0.4, -0.2) is 24.5 Å². The van der Waals surface area contributed by atoms with Gasteiger partial charge >= 0.3 is 0 Å². The Bertz CT molecular complexity index is 643. The first-order valence-electron chi connectivity index (χ1n) is 6.44. The molecule has 1 aliphatic rings. The molecule has 0 aliphatic carbocycles. The first kappa shape index (κ1) is 12.5. The van der Waals surface area contributed by atoms with Crippen LogP contribution in [0.1, 0.15) is 5.69 Å². The number of pyridine rings is 1. The molecule has 1 N–H and O–H groups in total. The van der Waals surface area contributed by atoms with Crippen LogP contribution in [0.15, 0.2) is 42.5 Å². The number of anilines is 2. The number of fused-ring (bicyclic) bond motifs is 1. The fraction of sp³-hybridized carbons (Fsp3) is 0.200. The highest BCUT2D eigenvalue weighted by Crippen LogP contribution is 2.32. The molecule has 0 bridgehead atoms. The van der Waals surface area contributed by atoms with Gasteiger partial charge in [-0.25, -0.2) is 4.98 Å². The van der Waals surface area contributed by atoms with Gasteiger partial charge in [-0.05, 0) is 24.3 Å². The van der Waals surface area contributed by atoms with Crippen molar-refractivity contribution in [1.82, 2.24) is 4.98 Å². The van der Waals surface area contributed by atoms with E-state index in [1.807, 2.05) is 49.5 Å². The number of nitrogens with zero attached hydrogens (tertiary/aromatic N) is 2. The summed E-state index contributed by atoms with van der Waals surface area (Å²) >= 11 is 0. The number of carbonyl (C=O) groups excluding carboxylic acids is 1. The van der Waals surface area contributed by atoms with Crippen molar-refractivity contribution in [1.29, 1.82) is 0 Å².